The van der Waals surface area contributed by atoms with Gasteiger partial charge in [0.25, 0.3) is 0 Å². The lowest BCUT2D eigenvalue weighted by molar-refractivity contribution is 0.0596. The molecule has 0 unspecified atom stereocenters. The molecule has 0 aliphatic heterocycles. The van der Waals surface area contributed by atoms with Crippen molar-refractivity contribution in [3.63, 3.8) is 0 Å². The average molecular weight is 273 g/mol. The van der Waals surface area contributed by atoms with Gasteiger partial charge in [-0.3, -0.25) is 0 Å². The van der Waals surface area contributed by atoms with Crippen molar-refractivity contribution < 1.29 is 19.1 Å². The Morgan fingerprint density at radius 3 is 2.30 bits per heavy atom. The molecular weight excluding hydrogens is 258 g/mol. The fourth-order valence-corrected chi connectivity index (χ4v) is 1.63. The van der Waals surface area contributed by atoms with E-state index in [0.717, 1.165) is 0 Å². The van der Waals surface area contributed by atoms with Crippen LogP contribution in [0.15, 0.2) is 48.5 Å². The summed E-state index contributed by atoms with van der Waals surface area (Å²) < 4.78 is 10.2. The molecule has 0 aromatic heterocycles. The monoisotopic (exact) mass is 273 g/mol. The first-order chi connectivity index (χ1) is 9.74. The van der Waals surface area contributed by atoms with Crippen LogP contribution in [0.4, 0.5) is 5.69 Å². The number of hydrogen-bond donors (Lipinski definition) is 1. The van der Waals surface area contributed by atoms with Crippen molar-refractivity contribution in [3.05, 3.63) is 54.1 Å². The predicted octanol–water partition coefficient (Wildman–Crippen LogP) is 2.89. The summed E-state index contributed by atoms with van der Waals surface area (Å²) in [7, 11) is 3.04. The summed E-state index contributed by atoms with van der Waals surface area (Å²) in [4.78, 5) is 16.9. The second kappa shape index (κ2) is 6.47. The smallest absolute Gasteiger partial charge is 0.362 e. The highest BCUT2D eigenvalue weighted by molar-refractivity contribution is 5.90. The van der Waals surface area contributed by atoms with Gasteiger partial charge < -0.3 is 14.3 Å². The molecule has 0 fully saturated rings. The molecule has 2 aromatic rings. The molecule has 0 aliphatic rings. The zero-order valence-corrected chi connectivity index (χ0v) is 11.3. The van der Waals surface area contributed by atoms with Gasteiger partial charge in [0.2, 0.25) is 0 Å². The van der Waals surface area contributed by atoms with Crippen molar-refractivity contribution in [1.82, 2.24) is 0 Å². The van der Waals surface area contributed by atoms with E-state index < -0.39 is 5.97 Å². The lowest BCUT2D eigenvalue weighted by Gasteiger charge is -2.10. The van der Waals surface area contributed by atoms with Crippen molar-refractivity contribution >= 4 is 11.7 Å². The Hall–Kier alpha value is -2.69. The Labute approximate surface area is 117 Å². The van der Waals surface area contributed by atoms with Crippen LogP contribution in [0.1, 0.15) is 10.4 Å². The minimum absolute atomic E-state index is 0.367. The molecular formula is C15H15NO4. The number of rotatable bonds is 5. The minimum Gasteiger partial charge on any atom is -0.493 e. The van der Waals surface area contributed by atoms with Crippen LogP contribution in [0.5, 0.6) is 11.5 Å². The number of carbonyl (C=O) groups is 1. The number of ether oxygens (including phenoxy) is 2. The Morgan fingerprint density at radius 1 is 0.950 bits per heavy atom. The summed E-state index contributed by atoms with van der Waals surface area (Å²) in [6.07, 6.45) is 0. The van der Waals surface area contributed by atoms with Gasteiger partial charge in [-0.1, -0.05) is 18.2 Å². The number of benzene rings is 2. The van der Waals surface area contributed by atoms with Gasteiger partial charge >= 0.3 is 5.97 Å². The molecule has 0 heterocycles. The lowest BCUT2D eigenvalue weighted by Crippen LogP contribution is -2.11. The van der Waals surface area contributed by atoms with Crippen molar-refractivity contribution in [2.75, 3.05) is 19.7 Å². The van der Waals surface area contributed by atoms with Gasteiger partial charge in [0.15, 0.2) is 11.5 Å². The van der Waals surface area contributed by atoms with Crippen molar-refractivity contribution in [2.24, 2.45) is 0 Å². The fraction of sp³-hybridized carbons (Fsp3) is 0.133. The molecule has 20 heavy (non-hydrogen) atoms. The molecule has 2 rings (SSSR count). The fourth-order valence-electron chi connectivity index (χ4n) is 1.63. The summed E-state index contributed by atoms with van der Waals surface area (Å²) in [5.74, 6) is 0.525. The first-order valence-corrected chi connectivity index (χ1v) is 5.99. The topological polar surface area (TPSA) is 56.8 Å². The normalized spacial score (nSPS) is 9.70. The van der Waals surface area contributed by atoms with E-state index in [1.165, 1.54) is 14.2 Å². The second-order valence-electron chi connectivity index (χ2n) is 3.93. The Bertz CT molecular complexity index is 584. The molecule has 1 N–H and O–H groups in total. The Kier molecular flexibility index (Phi) is 4.44. The molecule has 0 radical (unpaired) electrons. The van der Waals surface area contributed by atoms with Gasteiger partial charge in [-0.05, 0) is 30.3 Å². The largest absolute Gasteiger partial charge is 0.493 e. The van der Waals surface area contributed by atoms with Crippen LogP contribution in [0, 0.1) is 0 Å². The summed E-state index contributed by atoms with van der Waals surface area (Å²) >= 11 is 0. The standard InChI is InChI=1S/C15H15NO4/c1-18-13-9-8-11(10-14(13)19-2)15(17)20-16-12-6-4-3-5-7-12/h3-10,16H,1-2H3. The van der Waals surface area contributed by atoms with Crippen LogP contribution >= 0.6 is 0 Å². The highest BCUT2D eigenvalue weighted by Gasteiger charge is 2.12. The van der Waals surface area contributed by atoms with Gasteiger partial charge in [-0.2, -0.15) is 0 Å². The van der Waals surface area contributed by atoms with E-state index in [2.05, 4.69) is 5.48 Å². The van der Waals surface area contributed by atoms with E-state index in [4.69, 9.17) is 14.3 Å². The molecule has 0 bridgehead atoms. The van der Waals surface area contributed by atoms with Crippen LogP contribution < -0.4 is 15.0 Å². The third-order valence-corrected chi connectivity index (χ3v) is 2.65. The molecule has 5 heteroatoms. The molecule has 0 saturated carbocycles. The summed E-state index contributed by atoms with van der Waals surface area (Å²) in [5, 5.41) is 0. The SMILES string of the molecule is COc1ccc(C(=O)ONc2ccccc2)cc1OC. The van der Waals surface area contributed by atoms with Gasteiger partial charge in [-0.15, -0.1) is 0 Å². The van der Waals surface area contributed by atoms with Crippen LogP contribution in [0.2, 0.25) is 0 Å². The number of anilines is 1. The number of hydrogen-bond acceptors (Lipinski definition) is 5. The van der Waals surface area contributed by atoms with E-state index >= 15 is 0 Å². The third kappa shape index (κ3) is 3.20. The molecule has 0 aliphatic carbocycles. The molecule has 2 aromatic carbocycles. The number of para-hydroxylation sites is 1. The molecule has 104 valence electrons. The maximum atomic E-state index is 11.9. The van der Waals surface area contributed by atoms with E-state index in [1.54, 1.807) is 30.3 Å². The first-order valence-electron chi connectivity index (χ1n) is 5.99. The predicted molar refractivity (Wildman–Crippen MR) is 75.0 cm³/mol. The van der Waals surface area contributed by atoms with Gasteiger partial charge in [0.05, 0.1) is 25.5 Å². The highest BCUT2D eigenvalue weighted by Crippen LogP contribution is 2.27. The zero-order valence-electron chi connectivity index (χ0n) is 11.3. The average Bonchev–Trinajstić information content (AvgIpc) is 2.52. The van der Waals surface area contributed by atoms with Crippen molar-refractivity contribution in [1.29, 1.82) is 0 Å². The molecule has 0 saturated heterocycles. The Morgan fingerprint density at radius 2 is 1.65 bits per heavy atom. The first kappa shape index (κ1) is 13.7. The quantitative estimate of drug-likeness (QED) is 0.849. The zero-order chi connectivity index (χ0) is 14.4. The van der Waals surface area contributed by atoms with Gasteiger partial charge in [0.1, 0.15) is 0 Å². The summed E-state index contributed by atoms with van der Waals surface area (Å²) in [5.41, 5.74) is 3.65. The lowest BCUT2D eigenvalue weighted by atomic mass is 10.2. The van der Waals surface area contributed by atoms with E-state index in [9.17, 15) is 4.79 Å². The van der Waals surface area contributed by atoms with E-state index in [1.807, 2.05) is 18.2 Å². The second-order valence-corrected chi connectivity index (χ2v) is 3.93. The van der Waals surface area contributed by atoms with E-state index in [0.29, 0.717) is 22.7 Å². The molecule has 0 atom stereocenters. The van der Waals surface area contributed by atoms with E-state index in [-0.39, 0.29) is 0 Å². The maximum absolute atomic E-state index is 11.9. The molecule has 5 nitrogen and oxygen atoms in total. The van der Waals surface area contributed by atoms with Crippen molar-refractivity contribution in [2.45, 2.75) is 0 Å². The summed E-state index contributed by atoms with van der Waals surface area (Å²) in [6.45, 7) is 0. The maximum Gasteiger partial charge on any atom is 0.362 e. The van der Waals surface area contributed by atoms with Crippen molar-refractivity contribution in [3.8, 4) is 11.5 Å². The van der Waals surface area contributed by atoms with Gasteiger partial charge in [0, 0.05) is 0 Å². The number of nitrogens with one attached hydrogen (secondary N) is 1. The van der Waals surface area contributed by atoms with Crippen LogP contribution in [0.25, 0.3) is 0 Å². The highest BCUT2D eigenvalue weighted by atomic mass is 16.7. The van der Waals surface area contributed by atoms with Gasteiger partial charge in [-0.25, -0.2) is 10.3 Å². The minimum atomic E-state index is -0.505. The summed E-state index contributed by atoms with van der Waals surface area (Å²) in [6, 6.07) is 14.0. The van der Waals surface area contributed by atoms with Crippen LogP contribution in [0.3, 0.4) is 0 Å². The number of methoxy groups -OCH3 is 2. The number of carbonyl (C=O) groups excluding carboxylic acids is 1. The van der Waals surface area contributed by atoms with Crippen LogP contribution in [-0.2, 0) is 4.84 Å². The third-order valence-electron chi connectivity index (χ3n) is 2.65. The molecule has 0 amide bonds. The van der Waals surface area contributed by atoms with Crippen LogP contribution in [-0.4, -0.2) is 20.2 Å². The molecule has 0 spiro atoms. The Balaban J connectivity index is 2.06.